The molecule has 0 amide bonds. The summed E-state index contributed by atoms with van der Waals surface area (Å²) in [7, 11) is 1.94. The van der Waals surface area contributed by atoms with Crippen LogP contribution in [0.3, 0.4) is 0 Å². The van der Waals surface area contributed by atoms with E-state index in [0.717, 1.165) is 5.69 Å². The first-order valence-corrected chi connectivity index (χ1v) is 4.69. The summed E-state index contributed by atoms with van der Waals surface area (Å²) in [6, 6.07) is 2.00. The van der Waals surface area contributed by atoms with Crippen LogP contribution in [-0.4, -0.2) is 15.2 Å². The normalized spacial score (nSPS) is 26.6. The van der Waals surface area contributed by atoms with Crippen molar-refractivity contribution in [3.8, 4) is 0 Å². The van der Waals surface area contributed by atoms with Gasteiger partial charge in [0.2, 0.25) is 0 Å². The van der Waals surface area contributed by atoms with Crippen LogP contribution < -0.4 is 0 Å². The summed E-state index contributed by atoms with van der Waals surface area (Å²) in [5, 5.41) is 4.17. The first-order valence-electron chi connectivity index (χ1n) is 4.26. The Labute approximate surface area is 82.5 Å². The topological polar surface area (TPSA) is 17.8 Å². The van der Waals surface area contributed by atoms with Gasteiger partial charge in [0, 0.05) is 24.9 Å². The zero-order chi connectivity index (χ0) is 9.26. The van der Waals surface area contributed by atoms with E-state index in [4.69, 9.17) is 11.6 Å². The standard InChI is InChI=1S/C10H11ClN2/c1-13-10(6-7-12-13)8-4-2-3-5-9(8)11/h2-9H,1H3. The van der Waals surface area contributed by atoms with Crippen molar-refractivity contribution in [3.05, 3.63) is 42.3 Å². The van der Waals surface area contributed by atoms with Gasteiger partial charge in [-0.3, -0.25) is 4.68 Å². The molecule has 0 spiro atoms. The highest BCUT2D eigenvalue weighted by Gasteiger charge is 2.20. The fraction of sp³-hybridized carbons (Fsp3) is 0.300. The third kappa shape index (κ3) is 1.54. The van der Waals surface area contributed by atoms with Crippen molar-refractivity contribution in [1.82, 2.24) is 9.78 Å². The summed E-state index contributed by atoms with van der Waals surface area (Å²) < 4.78 is 1.86. The highest BCUT2D eigenvalue weighted by Crippen LogP contribution is 2.27. The van der Waals surface area contributed by atoms with Crippen LogP contribution in [0.5, 0.6) is 0 Å². The zero-order valence-corrected chi connectivity index (χ0v) is 8.15. The first kappa shape index (κ1) is 8.57. The van der Waals surface area contributed by atoms with Gasteiger partial charge in [-0.2, -0.15) is 5.10 Å². The Balaban J connectivity index is 2.32. The monoisotopic (exact) mass is 194 g/mol. The van der Waals surface area contributed by atoms with Crippen LogP contribution in [0, 0.1) is 0 Å². The van der Waals surface area contributed by atoms with Crippen LogP contribution >= 0.6 is 11.6 Å². The number of hydrogen-bond donors (Lipinski definition) is 0. The number of aromatic nitrogens is 2. The number of rotatable bonds is 1. The minimum atomic E-state index is 0.0420. The molecule has 0 aliphatic heterocycles. The smallest absolute Gasteiger partial charge is 0.0637 e. The van der Waals surface area contributed by atoms with Crippen LogP contribution in [0.4, 0.5) is 0 Å². The second-order valence-electron chi connectivity index (χ2n) is 3.12. The molecule has 1 heterocycles. The molecule has 0 saturated heterocycles. The molecule has 0 bridgehead atoms. The fourth-order valence-electron chi connectivity index (χ4n) is 1.55. The largest absolute Gasteiger partial charge is 0.272 e. The molecular weight excluding hydrogens is 184 g/mol. The Morgan fingerprint density at radius 3 is 2.77 bits per heavy atom. The lowest BCUT2D eigenvalue weighted by atomic mass is 9.97. The SMILES string of the molecule is Cn1nccc1C1C=CC=CC1Cl. The summed E-state index contributed by atoms with van der Waals surface area (Å²) in [4.78, 5) is 0. The molecular formula is C10H11ClN2. The molecule has 3 heteroatoms. The highest BCUT2D eigenvalue weighted by atomic mass is 35.5. The van der Waals surface area contributed by atoms with E-state index < -0.39 is 0 Å². The summed E-state index contributed by atoms with van der Waals surface area (Å²) in [6.45, 7) is 0. The van der Waals surface area contributed by atoms with Crippen LogP contribution in [0.2, 0.25) is 0 Å². The van der Waals surface area contributed by atoms with Crippen molar-refractivity contribution in [1.29, 1.82) is 0 Å². The maximum Gasteiger partial charge on any atom is 0.0637 e. The van der Waals surface area contributed by atoms with Gasteiger partial charge in [0.25, 0.3) is 0 Å². The molecule has 1 aromatic heterocycles. The Kier molecular flexibility index (Phi) is 2.23. The van der Waals surface area contributed by atoms with Crippen molar-refractivity contribution < 1.29 is 0 Å². The third-order valence-electron chi connectivity index (χ3n) is 2.27. The maximum atomic E-state index is 6.17. The van der Waals surface area contributed by atoms with Crippen LogP contribution in [0.15, 0.2) is 36.6 Å². The number of aryl methyl sites for hydroxylation is 1. The Bertz CT molecular complexity index is 352. The number of allylic oxidation sites excluding steroid dienone is 4. The number of nitrogens with zero attached hydrogens (tertiary/aromatic N) is 2. The van der Waals surface area contributed by atoms with Crippen LogP contribution in [-0.2, 0) is 7.05 Å². The molecule has 0 radical (unpaired) electrons. The van der Waals surface area contributed by atoms with E-state index in [1.807, 2.05) is 36.0 Å². The minimum Gasteiger partial charge on any atom is -0.272 e. The van der Waals surface area contributed by atoms with E-state index >= 15 is 0 Å². The Morgan fingerprint density at radius 1 is 1.38 bits per heavy atom. The number of alkyl halides is 1. The molecule has 2 unspecified atom stereocenters. The first-order chi connectivity index (χ1) is 6.29. The molecule has 1 aliphatic carbocycles. The molecule has 68 valence electrons. The van der Waals surface area contributed by atoms with Gasteiger partial charge in [0.1, 0.15) is 0 Å². The van der Waals surface area contributed by atoms with E-state index in [-0.39, 0.29) is 11.3 Å². The molecule has 0 fully saturated rings. The average Bonchev–Trinajstić information content (AvgIpc) is 2.52. The molecule has 0 N–H and O–H groups in total. The van der Waals surface area contributed by atoms with Gasteiger partial charge in [0.15, 0.2) is 0 Å². The van der Waals surface area contributed by atoms with Crippen LogP contribution in [0.25, 0.3) is 0 Å². The van der Waals surface area contributed by atoms with E-state index in [2.05, 4.69) is 11.2 Å². The van der Waals surface area contributed by atoms with Crippen molar-refractivity contribution in [2.24, 2.45) is 7.05 Å². The van der Waals surface area contributed by atoms with E-state index in [9.17, 15) is 0 Å². The fourth-order valence-corrected chi connectivity index (χ4v) is 1.85. The van der Waals surface area contributed by atoms with Gasteiger partial charge in [-0.1, -0.05) is 24.3 Å². The molecule has 0 aromatic carbocycles. The van der Waals surface area contributed by atoms with Gasteiger partial charge in [-0.15, -0.1) is 11.6 Å². The van der Waals surface area contributed by atoms with Crippen molar-refractivity contribution >= 4 is 11.6 Å². The van der Waals surface area contributed by atoms with Gasteiger partial charge in [-0.25, -0.2) is 0 Å². The molecule has 0 saturated carbocycles. The van der Waals surface area contributed by atoms with Gasteiger partial charge < -0.3 is 0 Å². The van der Waals surface area contributed by atoms with E-state index in [1.54, 1.807) is 6.20 Å². The van der Waals surface area contributed by atoms with Crippen molar-refractivity contribution in [3.63, 3.8) is 0 Å². The van der Waals surface area contributed by atoms with E-state index in [1.165, 1.54) is 0 Å². The van der Waals surface area contributed by atoms with E-state index in [0.29, 0.717) is 0 Å². The zero-order valence-electron chi connectivity index (χ0n) is 7.39. The lowest BCUT2D eigenvalue weighted by Gasteiger charge is -2.18. The number of hydrogen-bond acceptors (Lipinski definition) is 1. The minimum absolute atomic E-state index is 0.0420. The summed E-state index contributed by atoms with van der Waals surface area (Å²) in [5.41, 5.74) is 1.15. The van der Waals surface area contributed by atoms with Gasteiger partial charge in [0.05, 0.1) is 5.38 Å². The Hall–Kier alpha value is -1.02. The highest BCUT2D eigenvalue weighted by molar-refractivity contribution is 6.22. The maximum absolute atomic E-state index is 6.17. The summed E-state index contributed by atoms with van der Waals surface area (Å²) in [5.74, 6) is 0.249. The van der Waals surface area contributed by atoms with Crippen LogP contribution in [0.1, 0.15) is 11.6 Å². The number of halogens is 1. The van der Waals surface area contributed by atoms with Crippen molar-refractivity contribution in [2.45, 2.75) is 11.3 Å². The summed E-state index contributed by atoms with van der Waals surface area (Å²) in [6.07, 6.45) is 9.90. The molecule has 1 aromatic rings. The summed E-state index contributed by atoms with van der Waals surface area (Å²) >= 11 is 6.17. The van der Waals surface area contributed by atoms with Gasteiger partial charge >= 0.3 is 0 Å². The predicted molar refractivity (Wildman–Crippen MR) is 53.9 cm³/mol. The predicted octanol–water partition coefficient (Wildman–Crippen LogP) is 2.24. The second-order valence-corrected chi connectivity index (χ2v) is 3.62. The molecule has 2 rings (SSSR count). The van der Waals surface area contributed by atoms with Crippen molar-refractivity contribution in [2.75, 3.05) is 0 Å². The second kappa shape index (κ2) is 3.38. The molecule has 2 atom stereocenters. The quantitative estimate of drug-likeness (QED) is 0.627. The molecule has 13 heavy (non-hydrogen) atoms. The lowest BCUT2D eigenvalue weighted by Crippen LogP contribution is -2.14. The average molecular weight is 195 g/mol. The molecule has 2 nitrogen and oxygen atoms in total. The lowest BCUT2D eigenvalue weighted by molar-refractivity contribution is 0.674. The Morgan fingerprint density at radius 2 is 2.15 bits per heavy atom. The van der Waals surface area contributed by atoms with Gasteiger partial charge in [-0.05, 0) is 6.07 Å². The molecule has 1 aliphatic rings. The third-order valence-corrected chi connectivity index (χ3v) is 2.68.